The van der Waals surface area contributed by atoms with Crippen LogP contribution in [0.2, 0.25) is 0 Å². The van der Waals surface area contributed by atoms with Gasteiger partial charge in [0.15, 0.2) is 0 Å². The number of hydrogen-bond acceptors (Lipinski definition) is 5. The largest absolute Gasteiger partial charge is 0.356 e. The van der Waals surface area contributed by atoms with Crippen LogP contribution in [0.15, 0.2) is 29.9 Å². The molecule has 2 saturated carbocycles. The van der Waals surface area contributed by atoms with Gasteiger partial charge in [0.2, 0.25) is 5.91 Å². The number of aryl methyl sites for hydroxylation is 1. The van der Waals surface area contributed by atoms with Gasteiger partial charge in [-0.05, 0) is 49.7 Å². The van der Waals surface area contributed by atoms with Crippen molar-refractivity contribution < 1.29 is 4.79 Å². The average molecular weight is 429 g/mol. The van der Waals surface area contributed by atoms with Gasteiger partial charge in [-0.15, -0.1) is 36.2 Å². The molecule has 0 aromatic carbocycles. The van der Waals surface area contributed by atoms with Gasteiger partial charge in [-0.3, -0.25) is 9.78 Å². The van der Waals surface area contributed by atoms with Crippen LogP contribution in [0.1, 0.15) is 30.7 Å². The van der Waals surface area contributed by atoms with E-state index in [-0.39, 0.29) is 42.7 Å². The minimum absolute atomic E-state index is 0. The molecule has 4 unspecified atom stereocenters. The Balaban J connectivity index is 0.00000131. The normalized spacial score (nSPS) is 25.5. The number of nitrogens with two attached hydrogens (primary N) is 1. The molecule has 1 amide bonds. The molecule has 0 radical (unpaired) electrons. The summed E-state index contributed by atoms with van der Waals surface area (Å²) in [5.74, 6) is 1.29. The number of halogens is 2. The highest BCUT2D eigenvalue weighted by molar-refractivity contribution is 7.09. The van der Waals surface area contributed by atoms with Crippen molar-refractivity contribution in [3.8, 4) is 11.3 Å². The van der Waals surface area contributed by atoms with E-state index in [0.29, 0.717) is 18.4 Å². The van der Waals surface area contributed by atoms with E-state index in [1.807, 2.05) is 12.1 Å². The molecule has 2 bridgehead atoms. The molecule has 2 aromatic rings. The lowest BCUT2D eigenvalue weighted by Crippen LogP contribution is -2.45. The number of nitrogens with zero attached hydrogens (tertiary/aromatic N) is 2. The van der Waals surface area contributed by atoms with Gasteiger partial charge in [-0.2, -0.15) is 0 Å². The summed E-state index contributed by atoms with van der Waals surface area (Å²) in [6, 6.07) is 4.01. The lowest BCUT2D eigenvalue weighted by molar-refractivity contribution is -0.127. The third-order valence-electron chi connectivity index (χ3n) is 5.68. The Morgan fingerprint density at radius 1 is 1.22 bits per heavy atom. The number of fused-ring (bicyclic) bond motifs is 2. The minimum Gasteiger partial charge on any atom is -0.356 e. The maximum absolute atomic E-state index is 12.4. The number of carbonyl (C=O) groups is 1. The van der Waals surface area contributed by atoms with E-state index in [1.165, 1.54) is 12.8 Å². The first-order valence-electron chi connectivity index (χ1n) is 9.10. The zero-order valence-corrected chi connectivity index (χ0v) is 17.5. The highest BCUT2D eigenvalue weighted by atomic mass is 35.5. The third kappa shape index (κ3) is 4.80. The fourth-order valence-electron chi connectivity index (χ4n) is 4.37. The second-order valence-electron chi connectivity index (χ2n) is 7.19. The van der Waals surface area contributed by atoms with E-state index in [0.717, 1.165) is 35.5 Å². The second-order valence-corrected chi connectivity index (χ2v) is 8.14. The van der Waals surface area contributed by atoms with Gasteiger partial charge in [0, 0.05) is 42.3 Å². The van der Waals surface area contributed by atoms with Crippen molar-refractivity contribution in [1.29, 1.82) is 0 Å². The number of pyridine rings is 1. The minimum atomic E-state index is 0. The first kappa shape index (κ1) is 22.1. The van der Waals surface area contributed by atoms with Crippen molar-refractivity contribution >= 4 is 42.1 Å². The van der Waals surface area contributed by atoms with Crippen molar-refractivity contribution in [2.24, 2.45) is 23.5 Å². The highest BCUT2D eigenvalue weighted by Crippen LogP contribution is 2.47. The Bertz CT molecular complexity index is 740. The van der Waals surface area contributed by atoms with Crippen LogP contribution in [0, 0.1) is 17.8 Å². The number of rotatable bonds is 6. The smallest absolute Gasteiger partial charge is 0.224 e. The van der Waals surface area contributed by atoms with Gasteiger partial charge >= 0.3 is 0 Å². The molecule has 2 heterocycles. The quantitative estimate of drug-likeness (QED) is 0.689. The SMILES string of the molecule is Cl.Cl.NC1C2CCC(C2)C1C(=O)NCCCc1nc(-c2ccncc2)cs1. The molecule has 2 fully saturated rings. The second kappa shape index (κ2) is 9.82. The van der Waals surface area contributed by atoms with Gasteiger partial charge in [-0.25, -0.2) is 4.98 Å². The summed E-state index contributed by atoms with van der Waals surface area (Å²) in [7, 11) is 0. The third-order valence-corrected chi connectivity index (χ3v) is 6.59. The molecule has 27 heavy (non-hydrogen) atoms. The number of hydrogen-bond donors (Lipinski definition) is 2. The molecule has 2 aromatic heterocycles. The van der Waals surface area contributed by atoms with Crippen LogP contribution < -0.4 is 11.1 Å². The van der Waals surface area contributed by atoms with Crippen molar-refractivity contribution in [1.82, 2.24) is 15.3 Å². The van der Waals surface area contributed by atoms with E-state index in [9.17, 15) is 4.79 Å². The van der Waals surface area contributed by atoms with Crippen LogP contribution in [-0.4, -0.2) is 28.5 Å². The van der Waals surface area contributed by atoms with E-state index in [1.54, 1.807) is 23.7 Å². The first-order chi connectivity index (χ1) is 12.2. The monoisotopic (exact) mass is 428 g/mol. The first-order valence-corrected chi connectivity index (χ1v) is 9.98. The fourth-order valence-corrected chi connectivity index (χ4v) is 5.22. The molecule has 2 aliphatic carbocycles. The zero-order chi connectivity index (χ0) is 17.2. The summed E-state index contributed by atoms with van der Waals surface area (Å²) in [6.45, 7) is 0.698. The Labute approximate surface area is 176 Å². The summed E-state index contributed by atoms with van der Waals surface area (Å²) in [5, 5.41) is 6.29. The standard InChI is InChI=1S/C19H24N4OS.2ClH/c20-18-14-4-3-13(10-14)17(18)19(24)22-7-1-2-16-23-15(11-25-16)12-5-8-21-9-6-12;;/h5-6,8-9,11,13-14,17-18H,1-4,7,10,20H2,(H,22,24);2*1H. The lowest BCUT2D eigenvalue weighted by Gasteiger charge is -2.26. The topological polar surface area (TPSA) is 80.9 Å². The summed E-state index contributed by atoms with van der Waals surface area (Å²) in [5.41, 5.74) is 8.34. The van der Waals surface area contributed by atoms with E-state index in [4.69, 9.17) is 5.73 Å². The number of thiazole rings is 1. The predicted octanol–water partition coefficient (Wildman–Crippen LogP) is 3.47. The molecule has 148 valence electrons. The number of nitrogens with one attached hydrogen (secondary N) is 1. The predicted molar refractivity (Wildman–Crippen MR) is 113 cm³/mol. The fraction of sp³-hybridized carbons (Fsp3) is 0.526. The van der Waals surface area contributed by atoms with Crippen molar-refractivity contribution in [2.75, 3.05) is 6.54 Å². The van der Waals surface area contributed by atoms with Crippen LogP contribution in [0.5, 0.6) is 0 Å². The Morgan fingerprint density at radius 3 is 2.67 bits per heavy atom. The number of aromatic nitrogens is 2. The molecule has 3 N–H and O–H groups in total. The molecule has 5 nitrogen and oxygen atoms in total. The molecule has 8 heteroatoms. The average Bonchev–Trinajstić information content (AvgIpc) is 3.35. The van der Waals surface area contributed by atoms with Gasteiger partial charge < -0.3 is 11.1 Å². The molecular weight excluding hydrogens is 403 g/mol. The molecule has 4 rings (SSSR count). The van der Waals surface area contributed by atoms with Crippen LogP contribution >= 0.6 is 36.2 Å². The summed E-state index contributed by atoms with van der Waals surface area (Å²) >= 11 is 1.67. The van der Waals surface area contributed by atoms with E-state index in [2.05, 4.69) is 20.7 Å². The van der Waals surface area contributed by atoms with Gasteiger partial charge in [-0.1, -0.05) is 0 Å². The number of amides is 1. The Hall–Kier alpha value is -1.21. The van der Waals surface area contributed by atoms with E-state index < -0.39 is 0 Å². The molecule has 0 aliphatic heterocycles. The molecule has 0 spiro atoms. The summed E-state index contributed by atoms with van der Waals surface area (Å²) in [4.78, 5) is 21.1. The molecule has 2 aliphatic rings. The summed E-state index contributed by atoms with van der Waals surface area (Å²) < 4.78 is 0. The van der Waals surface area contributed by atoms with Crippen molar-refractivity contribution in [2.45, 2.75) is 38.1 Å². The lowest BCUT2D eigenvalue weighted by atomic mass is 9.84. The zero-order valence-electron chi connectivity index (χ0n) is 15.0. The number of carbonyl (C=O) groups excluding carboxylic acids is 1. The van der Waals surface area contributed by atoms with Crippen molar-refractivity contribution in [3.05, 3.63) is 34.9 Å². The van der Waals surface area contributed by atoms with Gasteiger partial charge in [0.25, 0.3) is 0 Å². The maximum Gasteiger partial charge on any atom is 0.224 e. The Kier molecular flexibility index (Phi) is 8.04. The van der Waals surface area contributed by atoms with Crippen LogP contribution in [0.3, 0.4) is 0 Å². The highest BCUT2D eigenvalue weighted by Gasteiger charge is 2.48. The Morgan fingerprint density at radius 2 is 1.96 bits per heavy atom. The van der Waals surface area contributed by atoms with Crippen LogP contribution in [-0.2, 0) is 11.2 Å². The molecule has 0 saturated heterocycles. The van der Waals surface area contributed by atoms with Gasteiger partial charge in [0.05, 0.1) is 16.6 Å². The molecule has 4 atom stereocenters. The summed E-state index contributed by atoms with van der Waals surface area (Å²) in [6.07, 6.45) is 8.89. The maximum atomic E-state index is 12.4. The van der Waals surface area contributed by atoms with Crippen LogP contribution in [0.25, 0.3) is 11.3 Å². The van der Waals surface area contributed by atoms with Crippen molar-refractivity contribution in [3.63, 3.8) is 0 Å². The van der Waals surface area contributed by atoms with Gasteiger partial charge in [0.1, 0.15) is 0 Å². The molecular formula is C19H26Cl2N4OS. The van der Waals surface area contributed by atoms with Crippen LogP contribution in [0.4, 0.5) is 0 Å². The van der Waals surface area contributed by atoms with E-state index >= 15 is 0 Å².